The molecule has 4 amide bonds. The molecule has 6 heteroatoms. The third-order valence-corrected chi connectivity index (χ3v) is 4.24. The molecule has 0 unspecified atom stereocenters. The van der Waals surface area contributed by atoms with Crippen LogP contribution in [0, 0.1) is 12.3 Å². The van der Waals surface area contributed by atoms with Crippen molar-refractivity contribution in [1.82, 2.24) is 15.2 Å². The van der Waals surface area contributed by atoms with Gasteiger partial charge < -0.3 is 0 Å². The van der Waals surface area contributed by atoms with E-state index in [-0.39, 0.29) is 6.54 Å². The second kappa shape index (κ2) is 5.63. The van der Waals surface area contributed by atoms with Crippen LogP contribution in [0.4, 0.5) is 4.79 Å². The van der Waals surface area contributed by atoms with Crippen LogP contribution in [0.3, 0.4) is 0 Å². The summed E-state index contributed by atoms with van der Waals surface area (Å²) in [7, 11) is 0. The van der Waals surface area contributed by atoms with Crippen molar-refractivity contribution in [2.24, 2.45) is 5.41 Å². The Morgan fingerprint density at radius 2 is 1.90 bits per heavy atom. The summed E-state index contributed by atoms with van der Waals surface area (Å²) < 4.78 is 0. The number of carbonyl (C=O) groups is 3. The van der Waals surface area contributed by atoms with Gasteiger partial charge in [0.05, 0.1) is 6.54 Å². The van der Waals surface area contributed by atoms with E-state index in [4.69, 9.17) is 0 Å². The Balaban J connectivity index is 2.35. The van der Waals surface area contributed by atoms with Crippen LogP contribution in [-0.2, 0) is 16.1 Å². The fourth-order valence-electron chi connectivity index (χ4n) is 2.58. The Morgan fingerprint density at radius 1 is 1.24 bits per heavy atom. The summed E-state index contributed by atoms with van der Waals surface area (Å²) in [5, 5.41) is 2.30. The number of rotatable bonds is 4. The molecule has 0 bridgehead atoms. The molecule has 0 spiro atoms. The molecule has 0 saturated carbocycles. The van der Waals surface area contributed by atoms with Crippen LogP contribution >= 0.6 is 0 Å². The third kappa shape index (κ3) is 2.41. The minimum absolute atomic E-state index is 0.124. The van der Waals surface area contributed by atoms with Gasteiger partial charge in [0.15, 0.2) is 0 Å². The molecular formula is C15H19N3O3. The van der Waals surface area contributed by atoms with Gasteiger partial charge in [-0.15, -0.1) is 0 Å². The molecule has 2 heterocycles. The molecule has 1 aromatic heterocycles. The average molecular weight is 289 g/mol. The SMILES string of the molecule is CCC1(CC)C(=O)NC(=O)N(Cc2cnccc2C)C1=O. The minimum atomic E-state index is -1.15. The minimum Gasteiger partial charge on any atom is -0.277 e. The van der Waals surface area contributed by atoms with E-state index in [0.717, 1.165) is 16.0 Å². The molecule has 0 atom stereocenters. The van der Waals surface area contributed by atoms with E-state index in [0.29, 0.717) is 12.8 Å². The number of imide groups is 2. The summed E-state index contributed by atoms with van der Waals surface area (Å²) in [5.41, 5.74) is 0.585. The zero-order valence-electron chi connectivity index (χ0n) is 12.5. The first kappa shape index (κ1) is 15.2. The van der Waals surface area contributed by atoms with Crippen LogP contribution in [0.2, 0.25) is 0 Å². The smallest absolute Gasteiger partial charge is 0.277 e. The lowest BCUT2D eigenvalue weighted by molar-refractivity contribution is -0.152. The Kier molecular flexibility index (Phi) is 4.06. The number of barbiturate groups is 1. The van der Waals surface area contributed by atoms with Crippen LogP contribution < -0.4 is 5.32 Å². The Hall–Kier alpha value is -2.24. The molecule has 1 aromatic rings. The predicted octanol–water partition coefficient (Wildman–Crippen LogP) is 1.77. The summed E-state index contributed by atoms with van der Waals surface area (Å²) in [6.07, 6.45) is 4.02. The molecule has 0 aliphatic carbocycles. The second-order valence-corrected chi connectivity index (χ2v) is 5.24. The fourth-order valence-corrected chi connectivity index (χ4v) is 2.58. The first-order valence-electron chi connectivity index (χ1n) is 7.03. The van der Waals surface area contributed by atoms with Crippen LogP contribution in [0.1, 0.15) is 37.8 Å². The highest BCUT2D eigenvalue weighted by Gasteiger charge is 2.51. The molecule has 2 rings (SSSR count). The Labute approximate surface area is 123 Å². The van der Waals surface area contributed by atoms with E-state index in [1.807, 2.05) is 13.0 Å². The average Bonchev–Trinajstić information content (AvgIpc) is 2.46. The molecule has 0 radical (unpaired) electrons. The normalized spacial score (nSPS) is 17.9. The molecular weight excluding hydrogens is 270 g/mol. The zero-order chi connectivity index (χ0) is 15.6. The molecule has 112 valence electrons. The fraction of sp³-hybridized carbons (Fsp3) is 0.467. The maximum atomic E-state index is 12.7. The van der Waals surface area contributed by atoms with Crippen molar-refractivity contribution in [2.45, 2.75) is 40.2 Å². The highest BCUT2D eigenvalue weighted by Crippen LogP contribution is 2.33. The lowest BCUT2D eigenvalue weighted by atomic mass is 9.78. The number of hydrogen-bond donors (Lipinski definition) is 1. The number of nitrogens with zero attached hydrogens (tertiary/aromatic N) is 2. The molecule has 1 saturated heterocycles. The van der Waals surface area contributed by atoms with Crippen molar-refractivity contribution in [1.29, 1.82) is 0 Å². The van der Waals surface area contributed by atoms with Gasteiger partial charge >= 0.3 is 6.03 Å². The number of aromatic nitrogens is 1. The summed E-state index contributed by atoms with van der Waals surface area (Å²) >= 11 is 0. The van der Waals surface area contributed by atoms with Gasteiger partial charge in [0, 0.05) is 12.4 Å². The lowest BCUT2D eigenvalue weighted by Gasteiger charge is -2.38. The predicted molar refractivity (Wildman–Crippen MR) is 76.1 cm³/mol. The summed E-state index contributed by atoms with van der Waals surface area (Å²) in [6.45, 7) is 5.58. The summed E-state index contributed by atoms with van der Waals surface area (Å²) in [4.78, 5) is 41.9. The molecule has 1 fully saturated rings. The standard InChI is InChI=1S/C15H19N3O3/c1-4-15(5-2)12(19)17-14(21)18(13(15)20)9-11-8-16-7-6-10(11)3/h6-8H,4-5,9H2,1-3H3,(H,17,19,21). The number of hydrogen-bond acceptors (Lipinski definition) is 4. The topological polar surface area (TPSA) is 79.4 Å². The first-order chi connectivity index (χ1) is 9.96. The van der Waals surface area contributed by atoms with Crippen molar-refractivity contribution in [3.05, 3.63) is 29.6 Å². The molecule has 21 heavy (non-hydrogen) atoms. The van der Waals surface area contributed by atoms with E-state index >= 15 is 0 Å². The molecule has 0 aromatic carbocycles. The highest BCUT2D eigenvalue weighted by atomic mass is 16.2. The quantitative estimate of drug-likeness (QED) is 0.857. The van der Waals surface area contributed by atoms with E-state index in [9.17, 15) is 14.4 Å². The maximum Gasteiger partial charge on any atom is 0.331 e. The Morgan fingerprint density at radius 3 is 2.48 bits per heavy atom. The molecule has 1 N–H and O–H groups in total. The van der Waals surface area contributed by atoms with Crippen LogP contribution in [0.25, 0.3) is 0 Å². The van der Waals surface area contributed by atoms with Gasteiger partial charge in [-0.2, -0.15) is 0 Å². The monoisotopic (exact) mass is 289 g/mol. The van der Waals surface area contributed by atoms with Crippen molar-refractivity contribution < 1.29 is 14.4 Å². The van der Waals surface area contributed by atoms with Crippen molar-refractivity contribution in [2.75, 3.05) is 0 Å². The lowest BCUT2D eigenvalue weighted by Crippen LogP contribution is -2.63. The van der Waals surface area contributed by atoms with Crippen molar-refractivity contribution in [3.63, 3.8) is 0 Å². The number of aryl methyl sites for hydroxylation is 1. The molecule has 1 aliphatic heterocycles. The number of pyridine rings is 1. The van der Waals surface area contributed by atoms with E-state index < -0.39 is 23.3 Å². The van der Waals surface area contributed by atoms with Gasteiger partial charge in [0.25, 0.3) is 0 Å². The highest BCUT2D eigenvalue weighted by molar-refractivity contribution is 6.19. The van der Waals surface area contributed by atoms with E-state index in [2.05, 4.69) is 10.3 Å². The van der Waals surface area contributed by atoms with Gasteiger partial charge in [-0.05, 0) is 37.0 Å². The number of amides is 4. The van der Waals surface area contributed by atoms with Crippen LogP contribution in [0.15, 0.2) is 18.5 Å². The largest absolute Gasteiger partial charge is 0.331 e. The van der Waals surface area contributed by atoms with Crippen LogP contribution in [-0.4, -0.2) is 27.7 Å². The zero-order valence-corrected chi connectivity index (χ0v) is 12.5. The van der Waals surface area contributed by atoms with Crippen molar-refractivity contribution in [3.8, 4) is 0 Å². The van der Waals surface area contributed by atoms with Gasteiger partial charge in [0.1, 0.15) is 5.41 Å². The number of urea groups is 1. The third-order valence-electron chi connectivity index (χ3n) is 4.24. The van der Waals surface area contributed by atoms with Gasteiger partial charge in [-0.25, -0.2) is 4.79 Å². The van der Waals surface area contributed by atoms with E-state index in [1.54, 1.807) is 26.2 Å². The van der Waals surface area contributed by atoms with E-state index in [1.165, 1.54) is 0 Å². The van der Waals surface area contributed by atoms with Gasteiger partial charge in [-0.3, -0.25) is 24.8 Å². The molecule has 6 nitrogen and oxygen atoms in total. The molecule has 1 aliphatic rings. The van der Waals surface area contributed by atoms with Crippen molar-refractivity contribution >= 4 is 17.8 Å². The summed E-state index contributed by atoms with van der Waals surface area (Å²) in [5.74, 6) is -0.925. The number of carbonyl (C=O) groups excluding carboxylic acids is 3. The summed E-state index contributed by atoms with van der Waals surface area (Å²) in [6, 6.07) is 1.16. The Bertz CT molecular complexity index is 594. The van der Waals surface area contributed by atoms with Gasteiger partial charge in [0.2, 0.25) is 11.8 Å². The van der Waals surface area contributed by atoms with Crippen LogP contribution in [0.5, 0.6) is 0 Å². The second-order valence-electron chi connectivity index (χ2n) is 5.24. The number of nitrogens with one attached hydrogen (secondary N) is 1. The maximum absolute atomic E-state index is 12.7. The first-order valence-corrected chi connectivity index (χ1v) is 7.03. The van der Waals surface area contributed by atoms with Gasteiger partial charge in [-0.1, -0.05) is 13.8 Å².